The van der Waals surface area contributed by atoms with Crippen molar-refractivity contribution in [3.05, 3.63) is 56.4 Å². The maximum atomic E-state index is 13.2. The zero-order valence-electron chi connectivity index (χ0n) is 17.0. The molecule has 1 aliphatic rings. The zero-order chi connectivity index (χ0) is 19.7. The highest BCUT2D eigenvalue weighted by Crippen LogP contribution is 2.35. The van der Waals surface area contributed by atoms with Crippen LogP contribution in [-0.2, 0) is 19.4 Å². The molecule has 0 saturated carbocycles. The largest absolute Gasteiger partial charge is 0.493 e. The number of para-hydroxylation sites is 1. The van der Waals surface area contributed by atoms with Gasteiger partial charge in [0.15, 0.2) is 0 Å². The number of hydrogen-bond donors (Lipinski definition) is 0. The third-order valence-electron chi connectivity index (χ3n) is 5.73. The fourth-order valence-corrected chi connectivity index (χ4v) is 5.48. The first-order chi connectivity index (χ1) is 13.5. The van der Waals surface area contributed by atoms with Crippen LogP contribution >= 0.6 is 11.3 Å². The smallest absolute Gasteiger partial charge is 0.262 e. The molecule has 0 aliphatic heterocycles. The SMILES string of the molecule is Cc1ccccc1OCCCCn1c(C)nc2sc3c(c2c1=O)CCC(C)C3. The quantitative estimate of drug-likeness (QED) is 0.547. The van der Waals surface area contributed by atoms with Crippen LogP contribution < -0.4 is 10.3 Å². The molecule has 1 atom stereocenters. The van der Waals surface area contributed by atoms with Gasteiger partial charge >= 0.3 is 0 Å². The molecule has 1 aromatic carbocycles. The predicted molar refractivity (Wildman–Crippen MR) is 116 cm³/mol. The van der Waals surface area contributed by atoms with Crippen molar-refractivity contribution in [1.29, 1.82) is 0 Å². The predicted octanol–water partition coefficient (Wildman–Crippen LogP) is 5.06. The van der Waals surface area contributed by atoms with E-state index in [1.165, 1.54) is 16.9 Å². The Bertz CT molecular complexity index is 1050. The van der Waals surface area contributed by atoms with Gasteiger partial charge in [0.2, 0.25) is 0 Å². The number of aryl methyl sites for hydroxylation is 3. The van der Waals surface area contributed by atoms with Crippen LogP contribution in [0.3, 0.4) is 0 Å². The Balaban J connectivity index is 1.45. The second kappa shape index (κ2) is 8.08. The van der Waals surface area contributed by atoms with Gasteiger partial charge < -0.3 is 4.74 Å². The van der Waals surface area contributed by atoms with Crippen molar-refractivity contribution >= 4 is 21.6 Å². The van der Waals surface area contributed by atoms with Gasteiger partial charge in [0, 0.05) is 11.4 Å². The highest BCUT2D eigenvalue weighted by molar-refractivity contribution is 7.18. The minimum absolute atomic E-state index is 0.148. The summed E-state index contributed by atoms with van der Waals surface area (Å²) in [5, 5.41) is 0.883. The van der Waals surface area contributed by atoms with Crippen molar-refractivity contribution < 1.29 is 4.74 Å². The van der Waals surface area contributed by atoms with Gasteiger partial charge in [0.25, 0.3) is 5.56 Å². The molecule has 2 aromatic heterocycles. The van der Waals surface area contributed by atoms with Crippen molar-refractivity contribution in [2.75, 3.05) is 6.61 Å². The summed E-state index contributed by atoms with van der Waals surface area (Å²) < 4.78 is 7.74. The van der Waals surface area contributed by atoms with E-state index in [4.69, 9.17) is 9.72 Å². The summed E-state index contributed by atoms with van der Waals surface area (Å²) in [4.78, 5) is 20.3. The van der Waals surface area contributed by atoms with Crippen LogP contribution in [0.2, 0.25) is 0 Å². The van der Waals surface area contributed by atoms with Gasteiger partial charge in [-0.2, -0.15) is 0 Å². The number of hydrogen-bond acceptors (Lipinski definition) is 4. The second-order valence-electron chi connectivity index (χ2n) is 7.97. The monoisotopic (exact) mass is 396 g/mol. The first kappa shape index (κ1) is 19.2. The van der Waals surface area contributed by atoms with Crippen LogP contribution in [-0.4, -0.2) is 16.2 Å². The molecule has 0 saturated heterocycles. The van der Waals surface area contributed by atoms with Crippen LogP contribution in [0.5, 0.6) is 5.75 Å². The van der Waals surface area contributed by atoms with E-state index in [1.807, 2.05) is 29.7 Å². The zero-order valence-corrected chi connectivity index (χ0v) is 17.8. The number of fused-ring (bicyclic) bond motifs is 3. The number of benzene rings is 1. The first-order valence-electron chi connectivity index (χ1n) is 10.2. The fourth-order valence-electron chi connectivity index (χ4n) is 4.06. The highest BCUT2D eigenvalue weighted by Gasteiger charge is 2.23. The van der Waals surface area contributed by atoms with Gasteiger partial charge in [-0.3, -0.25) is 9.36 Å². The standard InChI is InChI=1S/C23H28N2O2S/c1-15-10-11-18-20(14-15)28-22-21(18)23(26)25(17(3)24-22)12-6-7-13-27-19-9-5-4-8-16(19)2/h4-5,8-9,15H,6-7,10-14H2,1-3H3. The van der Waals surface area contributed by atoms with Gasteiger partial charge in [0.05, 0.1) is 12.0 Å². The molecular formula is C23H28N2O2S. The number of aromatic nitrogens is 2. The van der Waals surface area contributed by atoms with E-state index in [1.54, 1.807) is 11.3 Å². The summed E-state index contributed by atoms with van der Waals surface area (Å²) in [6.07, 6.45) is 5.09. The molecule has 148 valence electrons. The maximum absolute atomic E-state index is 13.2. The lowest BCUT2D eigenvalue weighted by atomic mass is 9.89. The van der Waals surface area contributed by atoms with Crippen molar-refractivity contribution in [3.8, 4) is 5.75 Å². The first-order valence-corrected chi connectivity index (χ1v) is 11.1. The summed E-state index contributed by atoms with van der Waals surface area (Å²) in [7, 11) is 0. The van der Waals surface area contributed by atoms with Crippen molar-refractivity contribution in [2.45, 2.75) is 59.4 Å². The molecule has 3 aromatic rings. The van der Waals surface area contributed by atoms with Gasteiger partial charge in [-0.05, 0) is 69.1 Å². The maximum Gasteiger partial charge on any atom is 0.262 e. The second-order valence-corrected chi connectivity index (χ2v) is 9.05. The molecule has 0 N–H and O–H groups in total. The lowest BCUT2D eigenvalue weighted by Crippen LogP contribution is -2.24. The van der Waals surface area contributed by atoms with Crippen LogP contribution in [0.4, 0.5) is 0 Å². The summed E-state index contributed by atoms with van der Waals surface area (Å²) in [5.41, 5.74) is 2.57. The van der Waals surface area contributed by atoms with E-state index < -0.39 is 0 Å². The number of thiophene rings is 1. The molecule has 0 amide bonds. The number of ether oxygens (including phenoxy) is 1. The molecule has 4 rings (SSSR count). The Morgan fingerprint density at radius 2 is 2.07 bits per heavy atom. The Kier molecular flexibility index (Phi) is 5.54. The molecule has 4 nitrogen and oxygen atoms in total. The van der Waals surface area contributed by atoms with Crippen molar-refractivity contribution in [2.24, 2.45) is 5.92 Å². The van der Waals surface area contributed by atoms with Crippen molar-refractivity contribution in [1.82, 2.24) is 9.55 Å². The average Bonchev–Trinajstić information content (AvgIpc) is 3.02. The Morgan fingerprint density at radius 1 is 1.25 bits per heavy atom. The molecule has 28 heavy (non-hydrogen) atoms. The molecule has 0 bridgehead atoms. The van der Waals surface area contributed by atoms with E-state index >= 15 is 0 Å². The average molecular weight is 397 g/mol. The van der Waals surface area contributed by atoms with Gasteiger partial charge in [0.1, 0.15) is 16.4 Å². The molecular weight excluding hydrogens is 368 g/mol. The van der Waals surface area contributed by atoms with Gasteiger partial charge in [-0.15, -0.1) is 11.3 Å². The summed E-state index contributed by atoms with van der Waals surface area (Å²) >= 11 is 1.73. The van der Waals surface area contributed by atoms with Crippen LogP contribution in [0.1, 0.15) is 48.0 Å². The normalized spacial score (nSPS) is 16.3. The van der Waals surface area contributed by atoms with E-state index in [9.17, 15) is 4.79 Å². The van der Waals surface area contributed by atoms with E-state index in [-0.39, 0.29) is 5.56 Å². The third-order valence-corrected chi connectivity index (χ3v) is 6.88. The van der Waals surface area contributed by atoms with E-state index in [0.29, 0.717) is 19.1 Å². The van der Waals surface area contributed by atoms with Crippen LogP contribution in [0, 0.1) is 19.8 Å². The minimum Gasteiger partial charge on any atom is -0.493 e. The topological polar surface area (TPSA) is 44.1 Å². The molecule has 0 spiro atoms. The summed E-state index contributed by atoms with van der Waals surface area (Å²) in [5.74, 6) is 2.47. The number of rotatable bonds is 6. The van der Waals surface area contributed by atoms with Gasteiger partial charge in [-0.25, -0.2) is 4.98 Å². The summed E-state index contributed by atoms with van der Waals surface area (Å²) in [6, 6.07) is 8.07. The Morgan fingerprint density at radius 3 is 2.89 bits per heavy atom. The van der Waals surface area contributed by atoms with Gasteiger partial charge in [-0.1, -0.05) is 25.1 Å². The number of unbranched alkanes of at least 4 members (excludes halogenated alkanes) is 1. The lowest BCUT2D eigenvalue weighted by Gasteiger charge is -2.17. The molecule has 0 radical (unpaired) electrons. The third kappa shape index (κ3) is 3.72. The van der Waals surface area contributed by atoms with E-state index in [2.05, 4.69) is 19.9 Å². The fraction of sp³-hybridized carbons (Fsp3) is 0.478. The van der Waals surface area contributed by atoms with Crippen LogP contribution in [0.15, 0.2) is 29.1 Å². The van der Waals surface area contributed by atoms with Crippen molar-refractivity contribution in [3.63, 3.8) is 0 Å². The lowest BCUT2D eigenvalue weighted by molar-refractivity contribution is 0.300. The molecule has 0 fully saturated rings. The minimum atomic E-state index is 0.148. The highest BCUT2D eigenvalue weighted by atomic mass is 32.1. The van der Waals surface area contributed by atoms with E-state index in [0.717, 1.165) is 53.0 Å². The molecule has 2 heterocycles. The molecule has 1 aliphatic carbocycles. The Labute approximate surface area is 170 Å². The molecule has 1 unspecified atom stereocenters. The Hall–Kier alpha value is -2.14. The number of nitrogens with zero attached hydrogens (tertiary/aromatic N) is 2. The van der Waals surface area contributed by atoms with Crippen LogP contribution in [0.25, 0.3) is 10.2 Å². The molecule has 5 heteroatoms. The summed E-state index contributed by atoms with van der Waals surface area (Å²) in [6.45, 7) is 7.67.